The molecule has 6 heteroatoms. The van der Waals surface area contributed by atoms with Crippen LogP contribution in [0.1, 0.15) is 23.2 Å². The highest BCUT2D eigenvalue weighted by Gasteiger charge is 2.17. The summed E-state index contributed by atoms with van der Waals surface area (Å²) in [5.74, 6) is -0.139. The summed E-state index contributed by atoms with van der Waals surface area (Å²) in [7, 11) is 0. The lowest BCUT2D eigenvalue weighted by atomic mass is 10.1. The summed E-state index contributed by atoms with van der Waals surface area (Å²) in [6, 6.07) is 5.08. The van der Waals surface area contributed by atoms with Gasteiger partial charge in [-0.2, -0.15) is 0 Å². The number of amides is 1. The zero-order chi connectivity index (χ0) is 12.3. The van der Waals surface area contributed by atoms with Crippen molar-refractivity contribution in [3.05, 3.63) is 33.8 Å². The maximum absolute atomic E-state index is 12.0. The van der Waals surface area contributed by atoms with Crippen LogP contribution in [0, 0.1) is 0 Å². The fraction of sp³-hybridized carbons (Fsp3) is 0.417. The molecule has 100 valence electrons. The second-order valence-electron chi connectivity index (χ2n) is 4.14. The normalized spacial score (nSPS) is 18.9. The summed E-state index contributed by atoms with van der Waals surface area (Å²) >= 11 is 11.8. The Hall–Kier alpha value is -0.480. The van der Waals surface area contributed by atoms with Gasteiger partial charge in [0, 0.05) is 17.6 Å². The van der Waals surface area contributed by atoms with E-state index in [1.54, 1.807) is 18.2 Å². The van der Waals surface area contributed by atoms with Crippen LogP contribution in [0.5, 0.6) is 0 Å². The average molecular weight is 310 g/mol. The van der Waals surface area contributed by atoms with Gasteiger partial charge in [0.15, 0.2) is 0 Å². The van der Waals surface area contributed by atoms with E-state index < -0.39 is 0 Å². The lowest BCUT2D eigenvalue weighted by Gasteiger charge is -2.23. The molecule has 1 aromatic rings. The monoisotopic (exact) mass is 308 g/mol. The number of carbonyl (C=O) groups excluding carboxylic acids is 1. The molecular formula is C12H15Cl3N2O. The number of rotatable bonds is 2. The quantitative estimate of drug-likeness (QED) is 0.882. The highest BCUT2D eigenvalue weighted by atomic mass is 35.5. The van der Waals surface area contributed by atoms with Gasteiger partial charge in [-0.15, -0.1) is 12.4 Å². The summed E-state index contributed by atoms with van der Waals surface area (Å²) in [5, 5.41) is 7.13. The van der Waals surface area contributed by atoms with Crippen LogP contribution < -0.4 is 10.6 Å². The van der Waals surface area contributed by atoms with Crippen LogP contribution in [-0.2, 0) is 0 Å². The molecule has 1 aromatic carbocycles. The van der Waals surface area contributed by atoms with Crippen LogP contribution in [0.15, 0.2) is 18.2 Å². The highest BCUT2D eigenvalue weighted by Crippen LogP contribution is 2.21. The molecule has 0 aromatic heterocycles. The second kappa shape index (κ2) is 7.19. The van der Waals surface area contributed by atoms with Crippen LogP contribution in [0.25, 0.3) is 0 Å². The van der Waals surface area contributed by atoms with Gasteiger partial charge in [-0.1, -0.05) is 23.2 Å². The zero-order valence-electron chi connectivity index (χ0n) is 9.71. The highest BCUT2D eigenvalue weighted by molar-refractivity contribution is 6.36. The standard InChI is InChI=1S/C12H14Cl2N2O.ClH/c13-8-3-4-10(11(14)6-8)12(17)16-9-2-1-5-15-7-9;/h3-4,6,9,15H,1-2,5,7H2,(H,16,17);1H. The molecule has 18 heavy (non-hydrogen) atoms. The minimum absolute atomic E-state index is 0. The van der Waals surface area contributed by atoms with E-state index in [9.17, 15) is 4.79 Å². The molecule has 1 amide bonds. The van der Waals surface area contributed by atoms with Crippen molar-refractivity contribution >= 4 is 41.5 Å². The summed E-state index contributed by atoms with van der Waals surface area (Å²) in [4.78, 5) is 12.0. The van der Waals surface area contributed by atoms with Crippen LogP contribution in [-0.4, -0.2) is 25.0 Å². The van der Waals surface area contributed by atoms with Crippen LogP contribution >= 0.6 is 35.6 Å². The first-order valence-corrected chi connectivity index (χ1v) is 6.39. The lowest BCUT2D eigenvalue weighted by molar-refractivity contribution is 0.0931. The Morgan fingerprint density at radius 3 is 2.78 bits per heavy atom. The topological polar surface area (TPSA) is 41.1 Å². The second-order valence-corrected chi connectivity index (χ2v) is 4.98. The minimum atomic E-state index is -0.139. The Labute approximate surface area is 123 Å². The smallest absolute Gasteiger partial charge is 0.253 e. The number of benzene rings is 1. The number of hydrogen-bond donors (Lipinski definition) is 2. The first-order valence-electron chi connectivity index (χ1n) is 5.63. The summed E-state index contributed by atoms with van der Waals surface area (Å²) in [6.07, 6.45) is 2.09. The number of carbonyl (C=O) groups is 1. The Morgan fingerprint density at radius 1 is 1.39 bits per heavy atom. The number of nitrogens with one attached hydrogen (secondary N) is 2. The molecule has 1 fully saturated rings. The van der Waals surface area contributed by atoms with E-state index in [2.05, 4.69) is 10.6 Å². The summed E-state index contributed by atoms with van der Waals surface area (Å²) in [5.41, 5.74) is 0.474. The van der Waals surface area contributed by atoms with Gasteiger partial charge in [-0.3, -0.25) is 4.79 Å². The molecular weight excluding hydrogens is 295 g/mol. The van der Waals surface area contributed by atoms with E-state index in [1.165, 1.54) is 0 Å². The van der Waals surface area contributed by atoms with E-state index in [1.807, 2.05) is 0 Å². The molecule has 0 radical (unpaired) electrons. The van der Waals surface area contributed by atoms with E-state index in [0.29, 0.717) is 15.6 Å². The van der Waals surface area contributed by atoms with Gasteiger partial charge < -0.3 is 10.6 Å². The zero-order valence-corrected chi connectivity index (χ0v) is 12.0. The van der Waals surface area contributed by atoms with E-state index in [0.717, 1.165) is 25.9 Å². The van der Waals surface area contributed by atoms with Crippen molar-refractivity contribution in [2.45, 2.75) is 18.9 Å². The summed E-state index contributed by atoms with van der Waals surface area (Å²) in [6.45, 7) is 1.84. The Morgan fingerprint density at radius 2 is 2.17 bits per heavy atom. The first-order chi connectivity index (χ1) is 8.16. The van der Waals surface area contributed by atoms with Crippen molar-refractivity contribution in [1.82, 2.24) is 10.6 Å². The van der Waals surface area contributed by atoms with Crippen molar-refractivity contribution in [3.8, 4) is 0 Å². The maximum Gasteiger partial charge on any atom is 0.253 e. The van der Waals surface area contributed by atoms with E-state index in [-0.39, 0.29) is 24.4 Å². The molecule has 1 aliphatic rings. The molecule has 1 aliphatic heterocycles. The molecule has 1 heterocycles. The molecule has 1 atom stereocenters. The van der Waals surface area contributed by atoms with Gasteiger partial charge in [-0.05, 0) is 37.6 Å². The number of halogens is 3. The third-order valence-corrected chi connectivity index (χ3v) is 3.36. The van der Waals surface area contributed by atoms with Crippen LogP contribution in [0.4, 0.5) is 0 Å². The molecule has 3 nitrogen and oxygen atoms in total. The Bertz CT molecular complexity index is 420. The average Bonchev–Trinajstić information content (AvgIpc) is 2.30. The number of piperidine rings is 1. The lowest BCUT2D eigenvalue weighted by Crippen LogP contribution is -2.45. The van der Waals surface area contributed by atoms with Gasteiger partial charge in [0.25, 0.3) is 5.91 Å². The Kier molecular flexibility index (Phi) is 6.22. The van der Waals surface area contributed by atoms with E-state index >= 15 is 0 Å². The minimum Gasteiger partial charge on any atom is -0.348 e. The molecule has 2 N–H and O–H groups in total. The van der Waals surface area contributed by atoms with Crippen LogP contribution in [0.3, 0.4) is 0 Å². The van der Waals surface area contributed by atoms with Crippen molar-refractivity contribution in [1.29, 1.82) is 0 Å². The summed E-state index contributed by atoms with van der Waals surface area (Å²) < 4.78 is 0. The van der Waals surface area contributed by atoms with E-state index in [4.69, 9.17) is 23.2 Å². The van der Waals surface area contributed by atoms with Crippen molar-refractivity contribution in [3.63, 3.8) is 0 Å². The fourth-order valence-electron chi connectivity index (χ4n) is 1.91. The van der Waals surface area contributed by atoms with Gasteiger partial charge in [-0.25, -0.2) is 0 Å². The van der Waals surface area contributed by atoms with Crippen molar-refractivity contribution in [2.75, 3.05) is 13.1 Å². The molecule has 0 saturated carbocycles. The molecule has 2 rings (SSSR count). The molecule has 0 spiro atoms. The van der Waals surface area contributed by atoms with Crippen molar-refractivity contribution in [2.24, 2.45) is 0 Å². The third-order valence-electron chi connectivity index (χ3n) is 2.81. The Balaban J connectivity index is 0.00000162. The van der Waals surface area contributed by atoms with Gasteiger partial charge in [0.1, 0.15) is 0 Å². The molecule has 1 unspecified atom stereocenters. The van der Waals surface area contributed by atoms with Crippen LogP contribution in [0.2, 0.25) is 10.0 Å². The maximum atomic E-state index is 12.0. The third kappa shape index (κ3) is 4.02. The van der Waals surface area contributed by atoms with Gasteiger partial charge >= 0.3 is 0 Å². The van der Waals surface area contributed by atoms with Gasteiger partial charge in [0.2, 0.25) is 0 Å². The predicted molar refractivity (Wildman–Crippen MR) is 77.1 cm³/mol. The van der Waals surface area contributed by atoms with Gasteiger partial charge in [0.05, 0.1) is 10.6 Å². The van der Waals surface area contributed by atoms with Crippen molar-refractivity contribution < 1.29 is 4.79 Å². The number of hydrogen-bond acceptors (Lipinski definition) is 2. The molecule has 0 bridgehead atoms. The first kappa shape index (κ1) is 15.6. The predicted octanol–water partition coefficient (Wildman–Crippen LogP) is 2.90. The fourth-order valence-corrected chi connectivity index (χ4v) is 2.41. The SMILES string of the molecule is Cl.O=C(NC1CCCNC1)c1ccc(Cl)cc1Cl. The largest absolute Gasteiger partial charge is 0.348 e. The molecule has 1 saturated heterocycles. The molecule has 0 aliphatic carbocycles.